The minimum atomic E-state index is -0.766. The van der Waals surface area contributed by atoms with Crippen molar-refractivity contribution in [3.8, 4) is 0 Å². The molecule has 0 bridgehead atoms. The molecule has 0 spiro atoms. The van der Waals surface area contributed by atoms with Gasteiger partial charge in [0, 0.05) is 19.2 Å². The van der Waals surface area contributed by atoms with Gasteiger partial charge in [-0.1, -0.05) is 45.0 Å². The molecule has 158 valence electrons. The number of nitrogens with zero attached hydrogens (tertiary/aromatic N) is 1. The van der Waals surface area contributed by atoms with Crippen LogP contribution in [0.25, 0.3) is 5.76 Å². The third kappa shape index (κ3) is 4.14. The highest BCUT2D eigenvalue weighted by atomic mass is 19.1. The normalized spacial score (nSPS) is 18.8. The minimum absolute atomic E-state index is 0.00813. The standard InChI is InChI=1S/C24H26FNO4/c1-24(2,3)17-9-5-15(6-10-17)20-19(21(27)16-7-11-18(25)12-8-16)22(28)23(29)26(20)13-14-30-4/h5-12,20,27H,13-14H2,1-4H3/b21-19-. The summed E-state index contributed by atoms with van der Waals surface area (Å²) in [6.07, 6.45) is 0. The summed E-state index contributed by atoms with van der Waals surface area (Å²) in [6, 6.07) is 12.1. The number of aliphatic hydroxyl groups excluding tert-OH is 1. The van der Waals surface area contributed by atoms with E-state index in [0.717, 1.165) is 5.56 Å². The van der Waals surface area contributed by atoms with Crippen LogP contribution in [0, 0.1) is 5.82 Å². The topological polar surface area (TPSA) is 66.8 Å². The molecule has 1 saturated heterocycles. The highest BCUT2D eigenvalue weighted by Gasteiger charge is 2.45. The molecule has 1 fully saturated rings. The summed E-state index contributed by atoms with van der Waals surface area (Å²) in [5.74, 6) is -2.24. The number of methoxy groups -OCH3 is 1. The van der Waals surface area contributed by atoms with Gasteiger partial charge in [-0.05, 0) is 40.8 Å². The molecule has 2 aromatic carbocycles. The van der Waals surface area contributed by atoms with Crippen LogP contribution in [0.1, 0.15) is 43.5 Å². The Balaban J connectivity index is 2.13. The first kappa shape index (κ1) is 21.7. The molecule has 2 aromatic rings. The smallest absolute Gasteiger partial charge is 0.295 e. The van der Waals surface area contributed by atoms with Crippen molar-refractivity contribution in [3.05, 3.63) is 76.6 Å². The summed E-state index contributed by atoms with van der Waals surface area (Å²) in [7, 11) is 1.52. The maximum Gasteiger partial charge on any atom is 0.295 e. The monoisotopic (exact) mass is 411 g/mol. The van der Waals surface area contributed by atoms with E-state index in [2.05, 4.69) is 20.8 Å². The molecule has 1 N–H and O–H groups in total. The Morgan fingerprint density at radius 3 is 2.20 bits per heavy atom. The molecule has 1 heterocycles. The predicted molar refractivity (Wildman–Crippen MR) is 112 cm³/mol. The van der Waals surface area contributed by atoms with E-state index in [1.54, 1.807) is 0 Å². The molecule has 1 aliphatic heterocycles. The quantitative estimate of drug-likeness (QED) is 0.455. The second-order valence-corrected chi connectivity index (χ2v) is 8.36. The number of hydrogen-bond acceptors (Lipinski definition) is 4. The van der Waals surface area contributed by atoms with Crippen LogP contribution in [-0.4, -0.2) is 42.0 Å². The SMILES string of the molecule is COCCN1C(=O)C(=O)/C(=C(\O)c2ccc(F)cc2)C1c1ccc(C(C)(C)C)cc1. The molecule has 1 unspecified atom stereocenters. The molecule has 1 aliphatic rings. The number of ketones is 1. The fourth-order valence-electron chi connectivity index (χ4n) is 3.58. The van der Waals surface area contributed by atoms with Gasteiger partial charge in [0.1, 0.15) is 11.6 Å². The lowest BCUT2D eigenvalue weighted by Gasteiger charge is -2.26. The van der Waals surface area contributed by atoms with Crippen molar-refractivity contribution in [1.82, 2.24) is 4.90 Å². The number of amides is 1. The Labute approximate surface area is 175 Å². The summed E-state index contributed by atoms with van der Waals surface area (Å²) >= 11 is 0. The summed E-state index contributed by atoms with van der Waals surface area (Å²) < 4.78 is 18.4. The van der Waals surface area contributed by atoms with Crippen molar-refractivity contribution in [3.63, 3.8) is 0 Å². The number of rotatable bonds is 5. The van der Waals surface area contributed by atoms with Crippen LogP contribution in [0.4, 0.5) is 4.39 Å². The van der Waals surface area contributed by atoms with Gasteiger partial charge in [0.15, 0.2) is 0 Å². The molecule has 1 amide bonds. The van der Waals surface area contributed by atoms with Gasteiger partial charge in [0.2, 0.25) is 0 Å². The van der Waals surface area contributed by atoms with Gasteiger partial charge >= 0.3 is 0 Å². The van der Waals surface area contributed by atoms with Gasteiger partial charge in [-0.15, -0.1) is 0 Å². The Kier molecular flexibility index (Phi) is 6.08. The number of carbonyl (C=O) groups is 2. The zero-order valence-corrected chi connectivity index (χ0v) is 17.6. The molecular formula is C24H26FNO4. The van der Waals surface area contributed by atoms with Crippen molar-refractivity contribution in [1.29, 1.82) is 0 Å². The zero-order valence-electron chi connectivity index (χ0n) is 17.6. The molecule has 0 radical (unpaired) electrons. The number of carbonyl (C=O) groups excluding carboxylic acids is 2. The van der Waals surface area contributed by atoms with Crippen LogP contribution in [0.5, 0.6) is 0 Å². The Morgan fingerprint density at radius 2 is 1.67 bits per heavy atom. The fraction of sp³-hybridized carbons (Fsp3) is 0.333. The largest absolute Gasteiger partial charge is 0.507 e. The third-order valence-electron chi connectivity index (χ3n) is 5.29. The molecule has 0 aliphatic carbocycles. The van der Waals surface area contributed by atoms with E-state index in [1.165, 1.54) is 36.3 Å². The second-order valence-electron chi connectivity index (χ2n) is 8.36. The zero-order chi connectivity index (χ0) is 22.1. The van der Waals surface area contributed by atoms with Crippen LogP contribution >= 0.6 is 0 Å². The van der Waals surface area contributed by atoms with Crippen LogP contribution in [-0.2, 0) is 19.7 Å². The summed E-state index contributed by atoms with van der Waals surface area (Å²) in [5, 5.41) is 10.9. The first-order chi connectivity index (χ1) is 14.1. The highest BCUT2D eigenvalue weighted by molar-refractivity contribution is 6.46. The van der Waals surface area contributed by atoms with E-state index in [9.17, 15) is 19.1 Å². The van der Waals surface area contributed by atoms with E-state index >= 15 is 0 Å². The minimum Gasteiger partial charge on any atom is -0.507 e. The second kappa shape index (κ2) is 8.40. The third-order valence-corrected chi connectivity index (χ3v) is 5.29. The van der Waals surface area contributed by atoms with Crippen LogP contribution in [0.15, 0.2) is 54.1 Å². The summed E-state index contributed by atoms with van der Waals surface area (Å²) in [4.78, 5) is 27.0. The van der Waals surface area contributed by atoms with E-state index in [-0.39, 0.29) is 35.5 Å². The van der Waals surface area contributed by atoms with Crippen molar-refractivity contribution >= 4 is 17.4 Å². The number of benzene rings is 2. The molecule has 1 atom stereocenters. The average Bonchev–Trinajstić information content (AvgIpc) is 2.96. The highest BCUT2D eigenvalue weighted by Crippen LogP contribution is 2.39. The molecule has 0 aromatic heterocycles. The van der Waals surface area contributed by atoms with E-state index in [0.29, 0.717) is 5.56 Å². The van der Waals surface area contributed by atoms with Gasteiger partial charge in [-0.3, -0.25) is 9.59 Å². The van der Waals surface area contributed by atoms with Gasteiger partial charge in [-0.25, -0.2) is 4.39 Å². The number of hydrogen-bond donors (Lipinski definition) is 1. The van der Waals surface area contributed by atoms with Gasteiger partial charge in [0.05, 0.1) is 18.2 Å². The Morgan fingerprint density at radius 1 is 1.07 bits per heavy atom. The molecule has 3 rings (SSSR count). The number of halogens is 1. The van der Waals surface area contributed by atoms with E-state index in [4.69, 9.17) is 4.74 Å². The molecule has 6 heteroatoms. The maximum absolute atomic E-state index is 13.3. The summed E-state index contributed by atoms with van der Waals surface area (Å²) in [5.41, 5.74) is 2.04. The first-order valence-corrected chi connectivity index (χ1v) is 9.79. The lowest BCUT2D eigenvalue weighted by atomic mass is 9.85. The van der Waals surface area contributed by atoms with Crippen LogP contribution in [0.3, 0.4) is 0 Å². The van der Waals surface area contributed by atoms with E-state index in [1.807, 2.05) is 24.3 Å². The Hall–Kier alpha value is -2.99. The first-order valence-electron chi connectivity index (χ1n) is 9.79. The predicted octanol–water partition coefficient (Wildman–Crippen LogP) is 4.19. The number of Topliss-reactive ketones (excluding diaryl/α,β-unsaturated/α-hetero) is 1. The van der Waals surface area contributed by atoms with Crippen molar-refractivity contribution in [2.24, 2.45) is 0 Å². The van der Waals surface area contributed by atoms with Crippen molar-refractivity contribution < 1.29 is 23.8 Å². The molecule has 5 nitrogen and oxygen atoms in total. The van der Waals surface area contributed by atoms with E-state index < -0.39 is 23.5 Å². The van der Waals surface area contributed by atoms with Gasteiger partial charge in [0.25, 0.3) is 11.7 Å². The van der Waals surface area contributed by atoms with Gasteiger partial charge < -0.3 is 14.7 Å². The summed E-state index contributed by atoms with van der Waals surface area (Å²) in [6.45, 7) is 6.75. The fourth-order valence-corrected chi connectivity index (χ4v) is 3.58. The number of likely N-dealkylation sites (tertiary alicyclic amines) is 1. The van der Waals surface area contributed by atoms with Crippen molar-refractivity contribution in [2.75, 3.05) is 20.3 Å². The number of ether oxygens (including phenoxy) is 1. The molecular weight excluding hydrogens is 385 g/mol. The lowest BCUT2D eigenvalue weighted by Crippen LogP contribution is -2.32. The van der Waals surface area contributed by atoms with Crippen LogP contribution in [0.2, 0.25) is 0 Å². The van der Waals surface area contributed by atoms with Crippen LogP contribution < -0.4 is 0 Å². The number of aliphatic hydroxyl groups is 1. The lowest BCUT2D eigenvalue weighted by molar-refractivity contribution is -0.140. The molecule has 0 saturated carbocycles. The average molecular weight is 411 g/mol. The molecule has 30 heavy (non-hydrogen) atoms. The maximum atomic E-state index is 13.3. The Bertz CT molecular complexity index is 972. The van der Waals surface area contributed by atoms with Crippen molar-refractivity contribution in [2.45, 2.75) is 32.2 Å². The van der Waals surface area contributed by atoms with Gasteiger partial charge in [-0.2, -0.15) is 0 Å².